The van der Waals surface area contributed by atoms with Gasteiger partial charge in [0, 0.05) is 0 Å². The van der Waals surface area contributed by atoms with E-state index in [0.29, 0.717) is 6.42 Å². The molecule has 0 spiro atoms. The summed E-state index contributed by atoms with van der Waals surface area (Å²) in [6.45, 7) is 3.65. The van der Waals surface area contributed by atoms with E-state index in [1.54, 1.807) is 6.92 Å². The minimum atomic E-state index is -0.958. The van der Waals surface area contributed by atoms with Gasteiger partial charge in [-0.15, -0.1) is 0 Å². The highest BCUT2D eigenvalue weighted by Crippen LogP contribution is 2.05. The van der Waals surface area contributed by atoms with Crippen LogP contribution in [-0.2, 0) is 11.2 Å². The molecule has 0 heterocycles. The van der Waals surface area contributed by atoms with Crippen LogP contribution in [0.5, 0.6) is 0 Å². The lowest BCUT2D eigenvalue weighted by atomic mass is 10.1. The largest absolute Gasteiger partial charge is 0.480 e. The quantitative estimate of drug-likeness (QED) is 0.679. The second kappa shape index (κ2) is 7.59. The summed E-state index contributed by atoms with van der Waals surface area (Å²) in [5.74, 6) is -0.958. The summed E-state index contributed by atoms with van der Waals surface area (Å²) in [7, 11) is 0. The molecule has 1 rings (SSSR count). The van der Waals surface area contributed by atoms with E-state index in [1.807, 2.05) is 31.2 Å². The van der Waals surface area contributed by atoms with Crippen LogP contribution in [0, 0.1) is 12.3 Å². The number of carboxylic acids is 1. The maximum atomic E-state index is 10.4. The van der Waals surface area contributed by atoms with Crippen LogP contribution < -0.4 is 5.73 Å². The molecule has 0 aliphatic carbocycles. The van der Waals surface area contributed by atoms with Crippen molar-refractivity contribution >= 4 is 12.2 Å². The van der Waals surface area contributed by atoms with Gasteiger partial charge in [-0.05, 0) is 32.0 Å². The molecule has 0 aliphatic heterocycles. The average molecular weight is 222 g/mol. The van der Waals surface area contributed by atoms with Crippen LogP contribution in [0.4, 0.5) is 0 Å². The van der Waals surface area contributed by atoms with Crippen LogP contribution in [0.25, 0.3) is 0 Å². The monoisotopic (exact) mass is 222 g/mol. The van der Waals surface area contributed by atoms with E-state index in [0.717, 1.165) is 11.1 Å². The van der Waals surface area contributed by atoms with E-state index in [1.165, 1.54) is 6.21 Å². The van der Waals surface area contributed by atoms with Crippen molar-refractivity contribution in [2.24, 2.45) is 5.73 Å². The zero-order valence-electron chi connectivity index (χ0n) is 9.60. The molecular weight excluding hydrogens is 204 g/mol. The number of hydrogen-bond donors (Lipinski definition) is 3. The summed E-state index contributed by atoms with van der Waals surface area (Å²) in [6.07, 6.45) is 1.63. The van der Waals surface area contributed by atoms with Gasteiger partial charge in [0.15, 0.2) is 0 Å². The summed E-state index contributed by atoms with van der Waals surface area (Å²) in [5, 5.41) is 14.7. The molecule has 0 bridgehead atoms. The van der Waals surface area contributed by atoms with Gasteiger partial charge >= 0.3 is 5.97 Å². The van der Waals surface area contributed by atoms with Gasteiger partial charge < -0.3 is 16.2 Å². The number of rotatable bonds is 3. The summed E-state index contributed by atoms with van der Waals surface area (Å²) >= 11 is 0. The molecular formula is C12H18N2O2. The van der Waals surface area contributed by atoms with Gasteiger partial charge in [-0.2, -0.15) is 0 Å². The summed E-state index contributed by atoms with van der Waals surface area (Å²) in [4.78, 5) is 10.4. The summed E-state index contributed by atoms with van der Waals surface area (Å²) in [5.41, 5.74) is 7.51. The third-order valence-corrected chi connectivity index (χ3v) is 1.89. The lowest BCUT2D eigenvalue weighted by Crippen LogP contribution is -2.32. The lowest BCUT2D eigenvalue weighted by molar-refractivity contribution is -0.138. The fraction of sp³-hybridized carbons (Fsp3) is 0.333. The number of carboxylic acid groups (broad SMARTS) is 1. The number of nitrogens with two attached hydrogens (primary N) is 1. The van der Waals surface area contributed by atoms with Crippen molar-refractivity contribution in [3.63, 3.8) is 0 Å². The van der Waals surface area contributed by atoms with Gasteiger partial charge in [0.1, 0.15) is 6.04 Å². The zero-order chi connectivity index (χ0) is 12.6. The van der Waals surface area contributed by atoms with E-state index in [2.05, 4.69) is 0 Å². The molecule has 88 valence electrons. The molecule has 0 fully saturated rings. The van der Waals surface area contributed by atoms with E-state index in [9.17, 15) is 4.79 Å². The molecule has 0 radical (unpaired) electrons. The molecule has 0 aromatic heterocycles. The molecule has 4 N–H and O–H groups in total. The molecule has 0 saturated heterocycles. The van der Waals surface area contributed by atoms with Gasteiger partial charge in [0.2, 0.25) is 0 Å². The first kappa shape index (κ1) is 14.3. The Balaban J connectivity index is 0.000000673. The average Bonchev–Trinajstić information content (AvgIpc) is 2.22. The van der Waals surface area contributed by atoms with E-state index in [4.69, 9.17) is 16.2 Å². The fourth-order valence-electron chi connectivity index (χ4n) is 1.07. The standard InChI is InChI=1S/C10H13NO2.C2H5N/c1-7-2-4-8(5-3-7)6-9(11)10(12)13;1-2-3/h2-5,9H,6,11H2,1H3,(H,12,13);2-3H,1H3. The number of aryl methyl sites for hydroxylation is 1. The summed E-state index contributed by atoms with van der Waals surface area (Å²) < 4.78 is 0. The van der Waals surface area contributed by atoms with Crippen molar-refractivity contribution in [1.29, 1.82) is 5.41 Å². The van der Waals surface area contributed by atoms with Crippen molar-refractivity contribution in [2.45, 2.75) is 26.3 Å². The topological polar surface area (TPSA) is 87.2 Å². The molecule has 1 aromatic rings. The van der Waals surface area contributed by atoms with Crippen LogP contribution in [0.3, 0.4) is 0 Å². The SMILES string of the molecule is CC=N.Cc1ccc(CC(N)C(=O)O)cc1. The maximum Gasteiger partial charge on any atom is 0.320 e. The smallest absolute Gasteiger partial charge is 0.320 e. The van der Waals surface area contributed by atoms with Crippen LogP contribution in [0.2, 0.25) is 0 Å². The first-order valence-corrected chi connectivity index (χ1v) is 5.00. The number of hydrogen-bond acceptors (Lipinski definition) is 3. The summed E-state index contributed by atoms with van der Waals surface area (Å²) in [6, 6.07) is 6.90. The van der Waals surface area contributed by atoms with E-state index in [-0.39, 0.29) is 0 Å². The van der Waals surface area contributed by atoms with Gasteiger partial charge in [-0.1, -0.05) is 29.8 Å². The number of nitrogens with one attached hydrogen (secondary N) is 1. The Morgan fingerprint density at radius 2 is 1.94 bits per heavy atom. The Morgan fingerprint density at radius 3 is 2.31 bits per heavy atom. The number of aliphatic carboxylic acids is 1. The van der Waals surface area contributed by atoms with Crippen molar-refractivity contribution < 1.29 is 9.90 Å². The fourth-order valence-corrected chi connectivity index (χ4v) is 1.07. The zero-order valence-corrected chi connectivity index (χ0v) is 9.60. The van der Waals surface area contributed by atoms with Crippen LogP contribution >= 0.6 is 0 Å². The van der Waals surface area contributed by atoms with Crippen LogP contribution in [-0.4, -0.2) is 23.3 Å². The van der Waals surface area contributed by atoms with Gasteiger partial charge in [0.25, 0.3) is 0 Å². The lowest BCUT2D eigenvalue weighted by Gasteiger charge is -2.05. The maximum absolute atomic E-state index is 10.4. The molecule has 1 aromatic carbocycles. The number of benzene rings is 1. The van der Waals surface area contributed by atoms with Crippen molar-refractivity contribution in [1.82, 2.24) is 0 Å². The highest BCUT2D eigenvalue weighted by atomic mass is 16.4. The van der Waals surface area contributed by atoms with Crippen molar-refractivity contribution in [3.8, 4) is 0 Å². The molecule has 1 atom stereocenters. The Hall–Kier alpha value is -1.68. The molecule has 0 saturated carbocycles. The third-order valence-electron chi connectivity index (χ3n) is 1.89. The van der Waals surface area contributed by atoms with E-state index < -0.39 is 12.0 Å². The predicted molar refractivity (Wildman–Crippen MR) is 65.0 cm³/mol. The first-order valence-electron chi connectivity index (χ1n) is 5.00. The van der Waals surface area contributed by atoms with Gasteiger partial charge in [0.05, 0.1) is 0 Å². The van der Waals surface area contributed by atoms with Gasteiger partial charge in [-0.3, -0.25) is 4.79 Å². The predicted octanol–water partition coefficient (Wildman–Crippen LogP) is 1.61. The molecule has 16 heavy (non-hydrogen) atoms. The van der Waals surface area contributed by atoms with Crippen molar-refractivity contribution in [2.75, 3.05) is 0 Å². The highest BCUT2D eigenvalue weighted by molar-refractivity contribution is 5.73. The molecule has 4 nitrogen and oxygen atoms in total. The molecule has 1 unspecified atom stereocenters. The molecule has 4 heteroatoms. The molecule has 0 amide bonds. The van der Waals surface area contributed by atoms with Gasteiger partial charge in [-0.25, -0.2) is 0 Å². The Bertz CT molecular complexity index is 333. The molecule has 0 aliphatic rings. The second-order valence-corrected chi connectivity index (χ2v) is 3.42. The number of carbonyl (C=O) groups is 1. The Morgan fingerprint density at radius 1 is 1.50 bits per heavy atom. The first-order chi connectivity index (χ1) is 7.51. The minimum Gasteiger partial charge on any atom is -0.480 e. The highest BCUT2D eigenvalue weighted by Gasteiger charge is 2.11. The third kappa shape index (κ3) is 5.93. The Kier molecular flexibility index (Phi) is 6.79. The van der Waals surface area contributed by atoms with Crippen molar-refractivity contribution in [3.05, 3.63) is 35.4 Å². The van der Waals surface area contributed by atoms with Crippen LogP contribution in [0.15, 0.2) is 24.3 Å². The van der Waals surface area contributed by atoms with E-state index >= 15 is 0 Å². The minimum absolute atomic E-state index is 0.385. The second-order valence-electron chi connectivity index (χ2n) is 3.42. The van der Waals surface area contributed by atoms with Crippen LogP contribution in [0.1, 0.15) is 18.1 Å². The normalized spacial score (nSPS) is 10.9. The Labute approximate surface area is 95.6 Å².